The van der Waals surface area contributed by atoms with Crippen LogP contribution in [-0.4, -0.2) is 4.98 Å². The van der Waals surface area contributed by atoms with Gasteiger partial charge in [-0.15, -0.1) is 0 Å². The first-order chi connectivity index (χ1) is 6.84. The third-order valence-electron chi connectivity index (χ3n) is 1.96. The van der Waals surface area contributed by atoms with E-state index in [0.29, 0.717) is 0 Å². The van der Waals surface area contributed by atoms with Crippen LogP contribution in [0.25, 0.3) is 12.2 Å². The SMILES string of the molecule is Fc1ccc(/C=C/c2cc[nH]c2)cc1. The van der Waals surface area contributed by atoms with Gasteiger partial charge in [0.1, 0.15) is 5.82 Å². The number of benzene rings is 1. The summed E-state index contributed by atoms with van der Waals surface area (Å²) in [7, 11) is 0. The number of aromatic nitrogens is 1. The minimum absolute atomic E-state index is 0.205. The number of hydrogen-bond acceptors (Lipinski definition) is 0. The van der Waals surface area contributed by atoms with Crippen molar-refractivity contribution in [3.05, 3.63) is 59.7 Å². The highest BCUT2D eigenvalue weighted by atomic mass is 19.1. The lowest BCUT2D eigenvalue weighted by molar-refractivity contribution is 0.628. The van der Waals surface area contributed by atoms with Crippen molar-refractivity contribution < 1.29 is 4.39 Å². The Balaban J connectivity index is 2.15. The molecule has 0 bridgehead atoms. The predicted molar refractivity (Wildman–Crippen MR) is 56.1 cm³/mol. The van der Waals surface area contributed by atoms with E-state index in [1.54, 1.807) is 12.1 Å². The fourth-order valence-corrected chi connectivity index (χ4v) is 1.21. The molecule has 0 atom stereocenters. The Kier molecular flexibility index (Phi) is 2.45. The molecule has 0 radical (unpaired) electrons. The maximum atomic E-state index is 12.6. The average Bonchev–Trinajstić information content (AvgIpc) is 2.70. The summed E-state index contributed by atoms with van der Waals surface area (Å²) < 4.78 is 12.6. The Labute approximate surface area is 81.9 Å². The van der Waals surface area contributed by atoms with Crippen LogP contribution >= 0.6 is 0 Å². The van der Waals surface area contributed by atoms with Crippen LogP contribution in [0.3, 0.4) is 0 Å². The molecule has 1 aromatic heterocycles. The Hall–Kier alpha value is -1.83. The van der Waals surface area contributed by atoms with Crippen LogP contribution in [0.2, 0.25) is 0 Å². The van der Waals surface area contributed by atoms with Crippen molar-refractivity contribution in [2.24, 2.45) is 0 Å². The summed E-state index contributed by atoms with van der Waals surface area (Å²) in [5.74, 6) is -0.205. The van der Waals surface area contributed by atoms with Gasteiger partial charge < -0.3 is 4.98 Å². The second-order valence-electron chi connectivity index (χ2n) is 3.03. The van der Waals surface area contributed by atoms with Crippen molar-refractivity contribution >= 4 is 12.2 Å². The second kappa shape index (κ2) is 3.92. The largest absolute Gasteiger partial charge is 0.367 e. The van der Waals surface area contributed by atoms with Gasteiger partial charge in [0, 0.05) is 12.4 Å². The van der Waals surface area contributed by atoms with Gasteiger partial charge in [0.2, 0.25) is 0 Å². The zero-order valence-corrected chi connectivity index (χ0v) is 7.57. The standard InChI is InChI=1S/C12H10FN/c13-12-5-3-10(4-6-12)1-2-11-7-8-14-9-11/h1-9,14H/b2-1+. The lowest BCUT2D eigenvalue weighted by atomic mass is 10.2. The second-order valence-corrected chi connectivity index (χ2v) is 3.03. The molecule has 0 spiro atoms. The third kappa shape index (κ3) is 2.10. The first kappa shape index (κ1) is 8.75. The minimum atomic E-state index is -0.205. The van der Waals surface area contributed by atoms with E-state index in [0.717, 1.165) is 11.1 Å². The van der Waals surface area contributed by atoms with Crippen LogP contribution in [0, 0.1) is 5.82 Å². The number of nitrogens with one attached hydrogen (secondary N) is 1. The van der Waals surface area contributed by atoms with E-state index in [2.05, 4.69) is 4.98 Å². The zero-order valence-electron chi connectivity index (χ0n) is 7.57. The van der Waals surface area contributed by atoms with Crippen molar-refractivity contribution in [2.75, 3.05) is 0 Å². The van der Waals surface area contributed by atoms with Crippen molar-refractivity contribution in [3.8, 4) is 0 Å². The van der Waals surface area contributed by atoms with Crippen LogP contribution in [-0.2, 0) is 0 Å². The third-order valence-corrected chi connectivity index (χ3v) is 1.96. The monoisotopic (exact) mass is 187 g/mol. The highest BCUT2D eigenvalue weighted by Crippen LogP contribution is 2.08. The molecule has 0 amide bonds. The molecule has 70 valence electrons. The highest BCUT2D eigenvalue weighted by molar-refractivity contribution is 5.69. The van der Waals surface area contributed by atoms with Crippen molar-refractivity contribution in [1.82, 2.24) is 4.98 Å². The molecule has 0 aliphatic carbocycles. The van der Waals surface area contributed by atoms with Crippen LogP contribution in [0.15, 0.2) is 42.7 Å². The predicted octanol–water partition coefficient (Wildman–Crippen LogP) is 3.32. The molecule has 1 N–H and O–H groups in total. The summed E-state index contributed by atoms with van der Waals surface area (Å²) >= 11 is 0. The molecule has 14 heavy (non-hydrogen) atoms. The van der Waals surface area contributed by atoms with Gasteiger partial charge in [-0.25, -0.2) is 4.39 Å². The number of halogens is 1. The van der Waals surface area contributed by atoms with Gasteiger partial charge in [0.15, 0.2) is 0 Å². The molecule has 0 fully saturated rings. The fraction of sp³-hybridized carbons (Fsp3) is 0. The maximum Gasteiger partial charge on any atom is 0.123 e. The summed E-state index contributed by atoms with van der Waals surface area (Å²) in [6.07, 6.45) is 7.69. The molecule has 0 saturated heterocycles. The average molecular weight is 187 g/mol. The lowest BCUT2D eigenvalue weighted by Gasteiger charge is -1.91. The lowest BCUT2D eigenvalue weighted by Crippen LogP contribution is -1.73. The molecule has 2 heteroatoms. The van der Waals surface area contributed by atoms with Crippen LogP contribution in [0.1, 0.15) is 11.1 Å². The molecule has 1 nitrogen and oxygen atoms in total. The van der Waals surface area contributed by atoms with Gasteiger partial charge in [0.25, 0.3) is 0 Å². The maximum absolute atomic E-state index is 12.6. The van der Waals surface area contributed by atoms with Gasteiger partial charge in [-0.1, -0.05) is 24.3 Å². The van der Waals surface area contributed by atoms with E-state index in [9.17, 15) is 4.39 Å². The summed E-state index contributed by atoms with van der Waals surface area (Å²) in [5, 5.41) is 0. The normalized spacial score (nSPS) is 10.9. The van der Waals surface area contributed by atoms with Gasteiger partial charge >= 0.3 is 0 Å². The zero-order chi connectivity index (χ0) is 9.80. The van der Waals surface area contributed by atoms with E-state index in [4.69, 9.17) is 0 Å². The molecule has 1 aromatic carbocycles. The van der Waals surface area contributed by atoms with Gasteiger partial charge in [-0.2, -0.15) is 0 Å². The van der Waals surface area contributed by atoms with E-state index >= 15 is 0 Å². The van der Waals surface area contributed by atoms with Crippen LogP contribution in [0.5, 0.6) is 0 Å². The fourth-order valence-electron chi connectivity index (χ4n) is 1.21. The minimum Gasteiger partial charge on any atom is -0.367 e. The van der Waals surface area contributed by atoms with Crippen molar-refractivity contribution in [1.29, 1.82) is 0 Å². The summed E-state index contributed by atoms with van der Waals surface area (Å²) in [6, 6.07) is 8.38. The molecule has 2 aromatic rings. The number of hydrogen-bond donors (Lipinski definition) is 1. The molecular formula is C12H10FN. The molecule has 1 heterocycles. The smallest absolute Gasteiger partial charge is 0.123 e. The molecular weight excluding hydrogens is 177 g/mol. The number of rotatable bonds is 2. The summed E-state index contributed by atoms with van der Waals surface area (Å²) in [4.78, 5) is 2.96. The summed E-state index contributed by atoms with van der Waals surface area (Å²) in [6.45, 7) is 0. The first-order valence-corrected chi connectivity index (χ1v) is 4.41. The molecule has 0 aliphatic heterocycles. The Morgan fingerprint density at radius 3 is 2.29 bits per heavy atom. The van der Waals surface area contributed by atoms with E-state index in [1.165, 1.54) is 12.1 Å². The van der Waals surface area contributed by atoms with Gasteiger partial charge in [0.05, 0.1) is 0 Å². The molecule has 0 unspecified atom stereocenters. The molecule has 0 saturated carbocycles. The molecule has 0 aliphatic rings. The first-order valence-electron chi connectivity index (χ1n) is 4.41. The van der Waals surface area contributed by atoms with E-state index in [1.807, 2.05) is 30.6 Å². The van der Waals surface area contributed by atoms with Crippen LogP contribution < -0.4 is 0 Å². The quantitative estimate of drug-likeness (QED) is 0.742. The number of aromatic amines is 1. The van der Waals surface area contributed by atoms with Gasteiger partial charge in [-0.05, 0) is 29.3 Å². The Bertz CT molecular complexity index is 412. The van der Waals surface area contributed by atoms with Crippen molar-refractivity contribution in [3.63, 3.8) is 0 Å². The van der Waals surface area contributed by atoms with Crippen LogP contribution in [0.4, 0.5) is 4.39 Å². The van der Waals surface area contributed by atoms with E-state index in [-0.39, 0.29) is 5.82 Å². The summed E-state index contributed by atoms with van der Waals surface area (Å²) in [5.41, 5.74) is 2.10. The topological polar surface area (TPSA) is 15.8 Å². The highest BCUT2D eigenvalue weighted by Gasteiger charge is 1.89. The Morgan fingerprint density at radius 1 is 0.929 bits per heavy atom. The Morgan fingerprint density at radius 2 is 1.64 bits per heavy atom. The molecule has 2 rings (SSSR count). The number of H-pyrrole nitrogens is 1. The van der Waals surface area contributed by atoms with Gasteiger partial charge in [-0.3, -0.25) is 0 Å². The van der Waals surface area contributed by atoms with Crippen molar-refractivity contribution in [2.45, 2.75) is 0 Å². The van der Waals surface area contributed by atoms with E-state index < -0.39 is 0 Å².